The Hall–Kier alpha value is -2.89. The zero-order valence-corrected chi connectivity index (χ0v) is 15.5. The van der Waals surface area contributed by atoms with Crippen molar-refractivity contribution in [3.63, 3.8) is 0 Å². The van der Waals surface area contributed by atoms with Crippen molar-refractivity contribution in [3.05, 3.63) is 53.6 Å². The number of benzene rings is 2. The first-order valence-electron chi connectivity index (χ1n) is 8.36. The van der Waals surface area contributed by atoms with Crippen LogP contribution in [0.1, 0.15) is 28.8 Å². The van der Waals surface area contributed by atoms with E-state index in [9.17, 15) is 13.2 Å². The lowest BCUT2D eigenvalue weighted by atomic mass is 10.2. The van der Waals surface area contributed by atoms with Gasteiger partial charge in [0.05, 0.1) is 24.3 Å². The predicted molar refractivity (Wildman–Crippen MR) is 97.1 cm³/mol. The maximum Gasteiger partial charge on any atom is 0.343 e. The number of nitriles is 1. The van der Waals surface area contributed by atoms with E-state index in [4.69, 9.17) is 14.7 Å². The smallest absolute Gasteiger partial charge is 0.343 e. The van der Waals surface area contributed by atoms with Crippen LogP contribution >= 0.6 is 0 Å². The molecule has 0 saturated carbocycles. The molecule has 3 rings (SSSR count). The summed E-state index contributed by atoms with van der Waals surface area (Å²) >= 11 is 0. The molecule has 0 aliphatic carbocycles. The molecule has 8 heteroatoms. The van der Waals surface area contributed by atoms with Crippen molar-refractivity contribution >= 4 is 16.0 Å². The van der Waals surface area contributed by atoms with E-state index in [0.717, 1.165) is 12.8 Å². The molecule has 0 aromatic heterocycles. The van der Waals surface area contributed by atoms with Crippen molar-refractivity contribution in [3.8, 4) is 17.6 Å². The van der Waals surface area contributed by atoms with Crippen LogP contribution in [-0.2, 0) is 10.0 Å². The molecule has 2 aromatic carbocycles. The highest BCUT2D eigenvalue weighted by Gasteiger charge is 2.30. The topological polar surface area (TPSA) is 96.7 Å². The van der Waals surface area contributed by atoms with Crippen molar-refractivity contribution < 1.29 is 22.7 Å². The minimum absolute atomic E-state index is 0.0628. The molecular weight excluding hydrogens is 368 g/mol. The predicted octanol–water partition coefficient (Wildman–Crippen LogP) is 2.57. The van der Waals surface area contributed by atoms with Gasteiger partial charge in [0.1, 0.15) is 16.4 Å². The van der Waals surface area contributed by atoms with Crippen molar-refractivity contribution in [1.82, 2.24) is 4.31 Å². The molecule has 0 unspecified atom stereocenters. The van der Waals surface area contributed by atoms with Crippen molar-refractivity contribution in [2.24, 2.45) is 0 Å². The van der Waals surface area contributed by atoms with Gasteiger partial charge < -0.3 is 9.47 Å². The molecule has 1 fully saturated rings. The molecule has 0 amide bonds. The van der Waals surface area contributed by atoms with Crippen molar-refractivity contribution in [1.29, 1.82) is 5.26 Å². The fourth-order valence-electron chi connectivity index (χ4n) is 2.87. The first kappa shape index (κ1) is 18.9. The molecule has 1 saturated heterocycles. The molecule has 0 radical (unpaired) electrons. The third-order valence-corrected chi connectivity index (χ3v) is 6.18. The van der Waals surface area contributed by atoms with E-state index in [1.165, 1.54) is 35.7 Å². The van der Waals surface area contributed by atoms with Gasteiger partial charge in [-0.25, -0.2) is 13.2 Å². The van der Waals surface area contributed by atoms with Crippen LogP contribution in [0.3, 0.4) is 0 Å². The normalized spacial score (nSPS) is 14.5. The summed E-state index contributed by atoms with van der Waals surface area (Å²) < 4.78 is 37.6. The van der Waals surface area contributed by atoms with Crippen LogP contribution in [0.4, 0.5) is 0 Å². The molecule has 1 aliphatic rings. The highest BCUT2D eigenvalue weighted by atomic mass is 32.2. The van der Waals surface area contributed by atoms with Crippen LogP contribution in [0.2, 0.25) is 0 Å². The highest BCUT2D eigenvalue weighted by molar-refractivity contribution is 7.89. The van der Waals surface area contributed by atoms with Crippen LogP contribution in [-0.4, -0.2) is 38.9 Å². The number of rotatable bonds is 5. The third kappa shape index (κ3) is 3.94. The molecule has 2 aromatic rings. The zero-order valence-electron chi connectivity index (χ0n) is 14.7. The van der Waals surface area contributed by atoms with Crippen LogP contribution in [0.15, 0.2) is 47.4 Å². The Kier molecular flexibility index (Phi) is 5.44. The van der Waals surface area contributed by atoms with Crippen molar-refractivity contribution in [2.75, 3.05) is 20.2 Å². The average Bonchev–Trinajstić information content (AvgIpc) is 3.23. The van der Waals surface area contributed by atoms with Gasteiger partial charge in [0.25, 0.3) is 0 Å². The summed E-state index contributed by atoms with van der Waals surface area (Å²) in [5, 5.41) is 8.92. The number of carbonyl (C=O) groups excluding carboxylic acids is 1. The Balaban J connectivity index is 1.92. The molecule has 1 aliphatic heterocycles. The Morgan fingerprint density at radius 3 is 2.56 bits per heavy atom. The Labute approximate surface area is 157 Å². The highest BCUT2D eigenvalue weighted by Crippen LogP contribution is 2.30. The molecule has 0 bridgehead atoms. The van der Waals surface area contributed by atoms with Crippen LogP contribution in [0.25, 0.3) is 0 Å². The second kappa shape index (κ2) is 7.78. The summed E-state index contributed by atoms with van der Waals surface area (Å²) in [4.78, 5) is 12.4. The Morgan fingerprint density at radius 1 is 1.15 bits per heavy atom. The van der Waals surface area contributed by atoms with Gasteiger partial charge in [0, 0.05) is 13.1 Å². The molecule has 7 nitrogen and oxygen atoms in total. The lowest BCUT2D eigenvalue weighted by Crippen LogP contribution is -2.28. The average molecular weight is 386 g/mol. The maximum atomic E-state index is 12.9. The molecule has 0 spiro atoms. The number of methoxy groups -OCH3 is 1. The summed E-state index contributed by atoms with van der Waals surface area (Å²) in [7, 11) is -2.38. The second-order valence-electron chi connectivity index (χ2n) is 6.01. The van der Waals surface area contributed by atoms with Gasteiger partial charge in [-0.1, -0.05) is 6.07 Å². The summed E-state index contributed by atoms with van der Waals surface area (Å²) in [5.74, 6) is -0.339. The van der Waals surface area contributed by atoms with Gasteiger partial charge in [-0.15, -0.1) is 0 Å². The fraction of sp³-hybridized carbons (Fsp3) is 0.263. The standard InChI is InChI=1S/C19H18N2O5S/c1-25-17-8-7-15(12-18(17)27(23,24)21-9-2-3-10-21)19(22)26-16-6-4-5-14(11-16)13-20/h4-8,11-12H,2-3,9-10H2,1H3. The van der Waals surface area contributed by atoms with Crippen LogP contribution in [0, 0.1) is 11.3 Å². The second-order valence-corrected chi connectivity index (χ2v) is 7.91. The van der Waals surface area contributed by atoms with Gasteiger partial charge >= 0.3 is 5.97 Å². The van der Waals surface area contributed by atoms with Crippen LogP contribution < -0.4 is 9.47 Å². The first-order chi connectivity index (χ1) is 13.0. The first-order valence-corrected chi connectivity index (χ1v) is 9.80. The molecular formula is C19H18N2O5S. The summed E-state index contributed by atoms with van der Waals surface area (Å²) in [6.07, 6.45) is 1.61. The number of esters is 1. The van der Waals surface area contributed by atoms with Gasteiger partial charge in [0.15, 0.2) is 0 Å². The quantitative estimate of drug-likeness (QED) is 0.579. The maximum absolute atomic E-state index is 12.9. The summed E-state index contributed by atoms with van der Waals surface area (Å²) in [6, 6.07) is 12.3. The zero-order chi connectivity index (χ0) is 19.4. The molecule has 1 heterocycles. The summed E-state index contributed by atoms with van der Waals surface area (Å²) in [5.41, 5.74) is 0.434. The number of hydrogen-bond acceptors (Lipinski definition) is 6. The minimum Gasteiger partial charge on any atom is -0.495 e. The SMILES string of the molecule is COc1ccc(C(=O)Oc2cccc(C#N)c2)cc1S(=O)(=O)N1CCCC1. The van der Waals surface area contributed by atoms with E-state index in [0.29, 0.717) is 18.7 Å². The van der Waals surface area contributed by atoms with Gasteiger partial charge in [-0.2, -0.15) is 9.57 Å². The number of ether oxygens (including phenoxy) is 2. The van der Waals surface area contributed by atoms with E-state index in [1.807, 2.05) is 6.07 Å². The van der Waals surface area contributed by atoms with E-state index in [-0.39, 0.29) is 22.0 Å². The molecule has 0 N–H and O–H groups in total. The number of sulfonamides is 1. The number of nitrogens with zero attached hydrogens (tertiary/aromatic N) is 2. The van der Waals surface area contributed by atoms with Gasteiger partial charge in [-0.3, -0.25) is 0 Å². The van der Waals surface area contributed by atoms with E-state index in [2.05, 4.69) is 0 Å². The number of hydrogen-bond donors (Lipinski definition) is 0. The monoisotopic (exact) mass is 386 g/mol. The molecule has 27 heavy (non-hydrogen) atoms. The lowest BCUT2D eigenvalue weighted by molar-refractivity contribution is 0.0734. The Morgan fingerprint density at radius 2 is 1.89 bits per heavy atom. The summed E-state index contributed by atoms with van der Waals surface area (Å²) in [6.45, 7) is 0.891. The lowest BCUT2D eigenvalue weighted by Gasteiger charge is -2.18. The fourth-order valence-corrected chi connectivity index (χ4v) is 4.57. The van der Waals surface area contributed by atoms with Crippen LogP contribution in [0.5, 0.6) is 11.5 Å². The molecule has 0 atom stereocenters. The number of carbonyl (C=O) groups is 1. The Bertz CT molecular complexity index is 1010. The largest absolute Gasteiger partial charge is 0.495 e. The van der Waals surface area contributed by atoms with E-state index < -0.39 is 16.0 Å². The van der Waals surface area contributed by atoms with Gasteiger partial charge in [-0.05, 0) is 49.2 Å². The minimum atomic E-state index is -3.76. The van der Waals surface area contributed by atoms with E-state index >= 15 is 0 Å². The van der Waals surface area contributed by atoms with Crippen molar-refractivity contribution in [2.45, 2.75) is 17.7 Å². The molecule has 140 valence electrons. The third-order valence-electron chi connectivity index (χ3n) is 4.26. The van der Waals surface area contributed by atoms with E-state index in [1.54, 1.807) is 18.2 Å². The van der Waals surface area contributed by atoms with Gasteiger partial charge in [0.2, 0.25) is 10.0 Å².